The Labute approximate surface area is 149 Å². The van der Waals surface area contributed by atoms with E-state index in [1.807, 2.05) is 6.07 Å². The number of aromatic nitrogens is 1. The average Bonchev–Trinajstić information content (AvgIpc) is 2.67. The summed E-state index contributed by atoms with van der Waals surface area (Å²) in [7, 11) is 3.44. The van der Waals surface area contributed by atoms with Crippen molar-refractivity contribution in [3.63, 3.8) is 0 Å². The van der Waals surface area contributed by atoms with Crippen molar-refractivity contribution in [2.75, 3.05) is 14.2 Å². The minimum Gasteiger partial charge on any atom is -0.481 e. The summed E-state index contributed by atoms with van der Waals surface area (Å²) >= 11 is 0. The molecule has 1 aliphatic carbocycles. The molecule has 2 aromatic rings. The van der Waals surface area contributed by atoms with Crippen molar-refractivity contribution in [2.24, 2.45) is 11.0 Å². The maximum absolute atomic E-state index is 7.74. The molecule has 1 atom stereocenters. The van der Waals surface area contributed by atoms with Gasteiger partial charge >= 0.3 is 0 Å². The van der Waals surface area contributed by atoms with Crippen LogP contribution in [0, 0.1) is 11.4 Å². The van der Waals surface area contributed by atoms with Gasteiger partial charge in [-0.25, -0.2) is 10.5 Å². The number of pyridine rings is 1. The molecule has 0 amide bonds. The second-order valence-electron chi connectivity index (χ2n) is 6.81. The van der Waals surface area contributed by atoms with Gasteiger partial charge in [-0.15, -0.1) is 0 Å². The van der Waals surface area contributed by atoms with Crippen LogP contribution >= 0.6 is 0 Å². The van der Waals surface area contributed by atoms with Crippen molar-refractivity contribution >= 4 is 10.9 Å². The molecule has 0 spiro atoms. The van der Waals surface area contributed by atoms with Gasteiger partial charge in [0.05, 0.1) is 24.8 Å². The lowest BCUT2D eigenvalue weighted by Gasteiger charge is -2.31. The summed E-state index contributed by atoms with van der Waals surface area (Å²) in [6.07, 6.45) is 5.47. The largest absolute Gasteiger partial charge is 0.481 e. The Bertz CT molecular complexity index is 739. The molecule has 1 aromatic carbocycles. The van der Waals surface area contributed by atoms with E-state index in [4.69, 9.17) is 15.0 Å². The van der Waals surface area contributed by atoms with E-state index >= 15 is 0 Å². The Morgan fingerprint density at radius 3 is 2.56 bits per heavy atom. The standard InChI is InChI=1S/C20H27N3O2/c1-4-13-11-16-12-15(7-10-18(16)22-20(13)25-3)19(23-21)14-5-8-17(24-2)9-6-14/h7,10-12,14,17,19,21H,4-6,8-9H2,1-3H3. The number of hydrogen-bond acceptors (Lipinski definition) is 5. The molecule has 0 radical (unpaired) electrons. The van der Waals surface area contributed by atoms with Crippen LogP contribution < -0.4 is 4.74 Å². The van der Waals surface area contributed by atoms with Gasteiger partial charge in [0.15, 0.2) is 0 Å². The molecule has 1 saturated carbocycles. The van der Waals surface area contributed by atoms with Gasteiger partial charge in [-0.3, -0.25) is 0 Å². The fourth-order valence-corrected chi connectivity index (χ4v) is 3.93. The van der Waals surface area contributed by atoms with Crippen molar-refractivity contribution in [2.45, 2.75) is 51.2 Å². The number of methoxy groups -OCH3 is 2. The molecule has 3 rings (SSSR count). The van der Waals surface area contributed by atoms with Crippen LogP contribution in [0.4, 0.5) is 0 Å². The quantitative estimate of drug-likeness (QED) is 0.745. The molecular weight excluding hydrogens is 314 g/mol. The molecule has 1 fully saturated rings. The molecule has 5 heteroatoms. The third-order valence-corrected chi connectivity index (χ3v) is 5.43. The van der Waals surface area contributed by atoms with Gasteiger partial charge in [0.25, 0.3) is 0 Å². The van der Waals surface area contributed by atoms with Crippen LogP contribution in [-0.4, -0.2) is 25.3 Å². The third kappa shape index (κ3) is 3.66. The second-order valence-corrected chi connectivity index (χ2v) is 6.81. The minimum atomic E-state index is -0.0746. The van der Waals surface area contributed by atoms with Crippen molar-refractivity contribution in [3.8, 4) is 5.88 Å². The fourth-order valence-electron chi connectivity index (χ4n) is 3.93. The molecule has 1 N–H and O–H groups in total. The second kappa shape index (κ2) is 7.91. The lowest BCUT2D eigenvalue weighted by atomic mass is 9.80. The molecule has 5 nitrogen and oxygen atoms in total. The predicted octanol–water partition coefficient (Wildman–Crippen LogP) is 5.08. The maximum Gasteiger partial charge on any atom is 0.216 e. The SMILES string of the molecule is CCc1cc2cc(C(N=N)C3CCC(OC)CC3)ccc2nc1OC. The Morgan fingerprint density at radius 1 is 1.20 bits per heavy atom. The Kier molecular flexibility index (Phi) is 5.63. The molecule has 0 saturated heterocycles. The van der Waals surface area contributed by atoms with E-state index in [1.54, 1.807) is 14.2 Å². The zero-order valence-corrected chi connectivity index (χ0v) is 15.3. The summed E-state index contributed by atoms with van der Waals surface area (Å²) in [5.74, 6) is 1.11. The number of ether oxygens (including phenoxy) is 2. The minimum absolute atomic E-state index is 0.0746. The number of rotatable bonds is 6. The number of hydrogen-bond donors (Lipinski definition) is 1. The number of nitrogens with zero attached hydrogens (tertiary/aromatic N) is 2. The summed E-state index contributed by atoms with van der Waals surface area (Å²) in [6.45, 7) is 2.10. The first-order chi connectivity index (χ1) is 12.2. The first-order valence-electron chi connectivity index (χ1n) is 9.07. The molecule has 1 heterocycles. The Balaban J connectivity index is 1.90. The molecule has 0 aliphatic heterocycles. The summed E-state index contributed by atoms with van der Waals surface area (Å²) in [4.78, 5) is 4.61. The summed E-state index contributed by atoms with van der Waals surface area (Å²) in [6, 6.07) is 8.30. The number of aryl methyl sites for hydroxylation is 1. The number of nitrogens with one attached hydrogen (secondary N) is 1. The molecule has 134 valence electrons. The summed E-state index contributed by atoms with van der Waals surface area (Å²) in [5.41, 5.74) is 10.9. The van der Waals surface area contributed by atoms with Crippen molar-refractivity contribution in [3.05, 3.63) is 35.4 Å². The van der Waals surface area contributed by atoms with Gasteiger partial charge in [0, 0.05) is 18.1 Å². The summed E-state index contributed by atoms with van der Waals surface area (Å²) in [5, 5.41) is 5.07. The zero-order chi connectivity index (χ0) is 17.8. The van der Waals surface area contributed by atoms with Gasteiger partial charge in [0.1, 0.15) is 0 Å². The van der Waals surface area contributed by atoms with Crippen LogP contribution in [0.15, 0.2) is 29.4 Å². The third-order valence-electron chi connectivity index (χ3n) is 5.43. The van der Waals surface area contributed by atoms with Crippen molar-refractivity contribution in [1.29, 1.82) is 5.53 Å². The number of fused-ring (bicyclic) bond motifs is 1. The van der Waals surface area contributed by atoms with Crippen molar-refractivity contribution in [1.82, 2.24) is 4.98 Å². The van der Waals surface area contributed by atoms with Gasteiger partial charge < -0.3 is 9.47 Å². The molecule has 25 heavy (non-hydrogen) atoms. The van der Waals surface area contributed by atoms with Crippen LogP contribution in [0.1, 0.15) is 49.8 Å². The van der Waals surface area contributed by atoms with Gasteiger partial charge in [-0.2, -0.15) is 5.11 Å². The Hall–Kier alpha value is -2.01. The summed E-state index contributed by atoms with van der Waals surface area (Å²) < 4.78 is 10.9. The highest BCUT2D eigenvalue weighted by Gasteiger charge is 2.28. The fraction of sp³-hybridized carbons (Fsp3) is 0.550. The monoisotopic (exact) mass is 341 g/mol. The average molecular weight is 341 g/mol. The Morgan fingerprint density at radius 2 is 1.96 bits per heavy atom. The van der Waals surface area contributed by atoms with E-state index in [0.717, 1.165) is 54.1 Å². The normalized spacial score (nSPS) is 21.9. The zero-order valence-electron chi connectivity index (χ0n) is 15.3. The van der Waals surface area contributed by atoms with E-state index in [2.05, 4.69) is 35.2 Å². The smallest absolute Gasteiger partial charge is 0.216 e. The van der Waals surface area contributed by atoms with Crippen molar-refractivity contribution < 1.29 is 9.47 Å². The molecule has 1 aromatic heterocycles. The molecule has 1 unspecified atom stereocenters. The van der Waals surface area contributed by atoms with Crippen LogP contribution in [0.2, 0.25) is 0 Å². The molecule has 0 bridgehead atoms. The van der Waals surface area contributed by atoms with E-state index in [1.165, 1.54) is 0 Å². The maximum atomic E-state index is 7.74. The van der Waals surface area contributed by atoms with Crippen LogP contribution in [0.3, 0.4) is 0 Å². The van der Waals surface area contributed by atoms with E-state index < -0.39 is 0 Å². The highest BCUT2D eigenvalue weighted by molar-refractivity contribution is 5.81. The highest BCUT2D eigenvalue weighted by Crippen LogP contribution is 2.38. The molecule has 1 aliphatic rings. The lowest BCUT2D eigenvalue weighted by molar-refractivity contribution is 0.0523. The van der Waals surface area contributed by atoms with Gasteiger partial charge in [-0.05, 0) is 61.8 Å². The lowest BCUT2D eigenvalue weighted by Crippen LogP contribution is -2.23. The topological polar surface area (TPSA) is 67.6 Å². The number of benzene rings is 1. The first-order valence-corrected chi connectivity index (χ1v) is 9.07. The van der Waals surface area contributed by atoms with Gasteiger partial charge in [-0.1, -0.05) is 13.0 Å². The van der Waals surface area contributed by atoms with E-state index in [-0.39, 0.29) is 6.04 Å². The van der Waals surface area contributed by atoms with E-state index in [9.17, 15) is 0 Å². The van der Waals surface area contributed by atoms with Crippen LogP contribution in [-0.2, 0) is 11.2 Å². The predicted molar refractivity (Wildman–Crippen MR) is 98.3 cm³/mol. The van der Waals surface area contributed by atoms with Crippen LogP contribution in [0.25, 0.3) is 10.9 Å². The highest BCUT2D eigenvalue weighted by atomic mass is 16.5. The first kappa shape index (κ1) is 17.8. The molecular formula is C20H27N3O2. The van der Waals surface area contributed by atoms with E-state index in [0.29, 0.717) is 17.9 Å². The van der Waals surface area contributed by atoms with Crippen LogP contribution in [0.5, 0.6) is 5.88 Å². The van der Waals surface area contributed by atoms with Gasteiger partial charge in [0.2, 0.25) is 5.88 Å².